The van der Waals surface area contributed by atoms with Crippen molar-refractivity contribution in [2.45, 2.75) is 6.92 Å². The molecule has 0 bridgehead atoms. The molecule has 0 spiro atoms. The van der Waals surface area contributed by atoms with E-state index in [4.69, 9.17) is 5.73 Å². The van der Waals surface area contributed by atoms with Gasteiger partial charge in [0.25, 0.3) is 5.91 Å². The molecule has 0 aliphatic rings. The quantitative estimate of drug-likeness (QED) is 0.740. The highest BCUT2D eigenvalue weighted by atomic mass is 19.1. The summed E-state index contributed by atoms with van der Waals surface area (Å²) in [6, 6.07) is 4.24. The lowest BCUT2D eigenvalue weighted by Gasteiger charge is -1.99. The highest BCUT2D eigenvalue weighted by molar-refractivity contribution is 5.93. The van der Waals surface area contributed by atoms with Crippen molar-refractivity contribution >= 4 is 12.0 Å². The first kappa shape index (κ1) is 9.45. The number of rotatable bonds is 2. The topological polar surface area (TPSA) is 43.1 Å². The second kappa shape index (κ2) is 3.85. The van der Waals surface area contributed by atoms with Gasteiger partial charge >= 0.3 is 0 Å². The van der Waals surface area contributed by atoms with E-state index in [1.165, 1.54) is 12.1 Å². The first-order valence-electron chi connectivity index (χ1n) is 3.87. The predicted molar refractivity (Wildman–Crippen MR) is 49.6 cm³/mol. The van der Waals surface area contributed by atoms with Crippen LogP contribution in [0.4, 0.5) is 4.39 Å². The number of primary amides is 1. The lowest BCUT2D eigenvalue weighted by molar-refractivity contribution is 0.0996. The molecule has 68 valence electrons. The fourth-order valence-corrected chi connectivity index (χ4v) is 1.03. The minimum Gasteiger partial charge on any atom is -0.366 e. The molecule has 0 atom stereocenters. The van der Waals surface area contributed by atoms with Crippen LogP contribution in [0.25, 0.3) is 6.08 Å². The third-order valence-corrected chi connectivity index (χ3v) is 1.61. The Balaban J connectivity index is 3.18. The van der Waals surface area contributed by atoms with Gasteiger partial charge in [0.05, 0.1) is 5.56 Å². The summed E-state index contributed by atoms with van der Waals surface area (Å²) in [6.45, 7) is 1.84. The maximum atomic E-state index is 12.9. The van der Waals surface area contributed by atoms with Crippen molar-refractivity contribution in [2.24, 2.45) is 5.73 Å². The average molecular weight is 179 g/mol. The molecule has 3 heteroatoms. The molecular weight excluding hydrogens is 169 g/mol. The highest BCUT2D eigenvalue weighted by Gasteiger charge is 2.07. The summed E-state index contributed by atoms with van der Waals surface area (Å²) >= 11 is 0. The fourth-order valence-electron chi connectivity index (χ4n) is 1.03. The van der Waals surface area contributed by atoms with E-state index in [1.807, 2.05) is 6.92 Å². The monoisotopic (exact) mass is 179 g/mol. The van der Waals surface area contributed by atoms with E-state index in [2.05, 4.69) is 0 Å². The molecule has 2 N–H and O–H groups in total. The Morgan fingerprint density at radius 3 is 2.77 bits per heavy atom. The molecule has 0 unspecified atom stereocenters. The second-order valence-corrected chi connectivity index (χ2v) is 2.60. The molecule has 13 heavy (non-hydrogen) atoms. The van der Waals surface area contributed by atoms with Crippen LogP contribution >= 0.6 is 0 Å². The fraction of sp³-hybridized carbons (Fsp3) is 0.100. The van der Waals surface area contributed by atoms with Crippen molar-refractivity contribution in [3.8, 4) is 0 Å². The molecule has 1 aromatic carbocycles. The lowest BCUT2D eigenvalue weighted by Crippen LogP contribution is -2.13. The summed E-state index contributed by atoms with van der Waals surface area (Å²) in [5.74, 6) is -1.33. The van der Waals surface area contributed by atoms with Crippen LogP contribution in [-0.2, 0) is 0 Å². The number of benzene rings is 1. The van der Waals surface area contributed by atoms with E-state index < -0.39 is 11.7 Å². The van der Waals surface area contributed by atoms with Gasteiger partial charge in [-0.05, 0) is 24.6 Å². The average Bonchev–Trinajstić information content (AvgIpc) is 2.08. The Bertz CT molecular complexity index is 358. The first-order valence-corrected chi connectivity index (χ1v) is 3.87. The summed E-state index contributed by atoms with van der Waals surface area (Å²) in [7, 11) is 0. The standard InChI is InChI=1S/C10H10FNO/c1-2-3-7-4-5-9(11)8(6-7)10(12)13/h2-6H,1H3,(H2,12,13). The van der Waals surface area contributed by atoms with Gasteiger partial charge in [0, 0.05) is 0 Å². The minimum absolute atomic E-state index is 0.0735. The molecule has 1 rings (SSSR count). The number of hydrogen-bond donors (Lipinski definition) is 1. The van der Waals surface area contributed by atoms with E-state index in [1.54, 1.807) is 18.2 Å². The van der Waals surface area contributed by atoms with Gasteiger partial charge in [0.1, 0.15) is 5.82 Å². The van der Waals surface area contributed by atoms with Gasteiger partial charge < -0.3 is 5.73 Å². The van der Waals surface area contributed by atoms with Gasteiger partial charge in [-0.25, -0.2) is 4.39 Å². The van der Waals surface area contributed by atoms with E-state index in [9.17, 15) is 9.18 Å². The number of nitrogens with two attached hydrogens (primary N) is 1. The molecule has 0 saturated carbocycles. The Morgan fingerprint density at radius 1 is 1.54 bits per heavy atom. The molecule has 0 radical (unpaired) electrons. The number of halogens is 1. The number of carbonyl (C=O) groups excluding carboxylic acids is 1. The van der Waals surface area contributed by atoms with E-state index in [-0.39, 0.29) is 5.56 Å². The first-order chi connectivity index (χ1) is 6.15. The molecule has 0 aliphatic heterocycles. The number of carbonyl (C=O) groups is 1. The van der Waals surface area contributed by atoms with Crippen molar-refractivity contribution in [3.05, 3.63) is 41.2 Å². The summed E-state index contributed by atoms with van der Waals surface area (Å²) < 4.78 is 12.9. The van der Waals surface area contributed by atoms with Crippen LogP contribution in [0.1, 0.15) is 22.8 Å². The Labute approximate surface area is 75.9 Å². The normalized spacial score (nSPS) is 10.6. The lowest BCUT2D eigenvalue weighted by atomic mass is 10.1. The Morgan fingerprint density at radius 2 is 2.23 bits per heavy atom. The third-order valence-electron chi connectivity index (χ3n) is 1.61. The van der Waals surface area contributed by atoms with Crippen LogP contribution in [0.15, 0.2) is 24.3 Å². The van der Waals surface area contributed by atoms with Gasteiger partial charge in [-0.1, -0.05) is 18.2 Å². The third kappa shape index (κ3) is 2.15. The van der Waals surface area contributed by atoms with Crippen LogP contribution in [0.3, 0.4) is 0 Å². The SMILES string of the molecule is CC=Cc1ccc(F)c(C(N)=O)c1. The Hall–Kier alpha value is -1.64. The van der Waals surface area contributed by atoms with Crippen LogP contribution in [-0.4, -0.2) is 5.91 Å². The van der Waals surface area contributed by atoms with Crippen molar-refractivity contribution < 1.29 is 9.18 Å². The van der Waals surface area contributed by atoms with Crippen molar-refractivity contribution in [1.29, 1.82) is 0 Å². The highest BCUT2D eigenvalue weighted by Crippen LogP contribution is 2.11. The van der Waals surface area contributed by atoms with Crippen LogP contribution in [0.2, 0.25) is 0 Å². The summed E-state index contributed by atoms with van der Waals surface area (Å²) in [5.41, 5.74) is 5.66. The van der Waals surface area contributed by atoms with E-state index >= 15 is 0 Å². The van der Waals surface area contributed by atoms with Crippen LogP contribution in [0.5, 0.6) is 0 Å². The molecule has 0 aromatic heterocycles. The molecule has 0 aliphatic carbocycles. The number of amides is 1. The molecule has 0 fully saturated rings. The summed E-state index contributed by atoms with van der Waals surface area (Å²) in [4.78, 5) is 10.7. The van der Waals surface area contributed by atoms with Gasteiger partial charge in [-0.3, -0.25) is 4.79 Å². The summed E-state index contributed by atoms with van der Waals surface area (Å²) in [6.07, 6.45) is 3.57. The smallest absolute Gasteiger partial charge is 0.251 e. The van der Waals surface area contributed by atoms with E-state index in [0.29, 0.717) is 0 Å². The largest absolute Gasteiger partial charge is 0.366 e. The second-order valence-electron chi connectivity index (χ2n) is 2.60. The summed E-state index contributed by atoms with van der Waals surface area (Å²) in [5, 5.41) is 0. The van der Waals surface area contributed by atoms with Gasteiger partial charge in [-0.15, -0.1) is 0 Å². The maximum Gasteiger partial charge on any atom is 0.251 e. The molecule has 1 aromatic rings. The molecule has 0 heterocycles. The maximum absolute atomic E-state index is 12.9. The number of allylic oxidation sites excluding steroid dienone is 1. The molecule has 2 nitrogen and oxygen atoms in total. The van der Waals surface area contributed by atoms with Crippen LogP contribution in [0, 0.1) is 5.82 Å². The molecule has 1 amide bonds. The van der Waals surface area contributed by atoms with E-state index in [0.717, 1.165) is 5.56 Å². The zero-order chi connectivity index (χ0) is 9.84. The Kier molecular flexibility index (Phi) is 2.80. The van der Waals surface area contributed by atoms with Crippen molar-refractivity contribution in [1.82, 2.24) is 0 Å². The van der Waals surface area contributed by atoms with Crippen molar-refractivity contribution in [2.75, 3.05) is 0 Å². The van der Waals surface area contributed by atoms with Gasteiger partial charge in [-0.2, -0.15) is 0 Å². The van der Waals surface area contributed by atoms with Gasteiger partial charge in [0.2, 0.25) is 0 Å². The predicted octanol–water partition coefficient (Wildman–Crippen LogP) is 1.96. The number of hydrogen-bond acceptors (Lipinski definition) is 1. The van der Waals surface area contributed by atoms with Crippen molar-refractivity contribution in [3.63, 3.8) is 0 Å². The molecular formula is C10H10FNO. The van der Waals surface area contributed by atoms with Crippen LogP contribution < -0.4 is 5.73 Å². The van der Waals surface area contributed by atoms with Gasteiger partial charge in [0.15, 0.2) is 0 Å². The minimum atomic E-state index is -0.746. The zero-order valence-corrected chi connectivity index (χ0v) is 7.25. The zero-order valence-electron chi connectivity index (χ0n) is 7.25. The molecule has 0 saturated heterocycles.